The summed E-state index contributed by atoms with van der Waals surface area (Å²) in [5, 5.41) is 4.25. The first-order valence-electron chi connectivity index (χ1n) is 6.92. The van der Waals surface area contributed by atoms with Crippen molar-refractivity contribution in [2.45, 2.75) is 38.0 Å². The van der Waals surface area contributed by atoms with Crippen LogP contribution < -0.4 is 10.2 Å². The van der Waals surface area contributed by atoms with E-state index in [1.165, 1.54) is 12.8 Å². The van der Waals surface area contributed by atoms with E-state index in [0.717, 1.165) is 42.5 Å². The summed E-state index contributed by atoms with van der Waals surface area (Å²) in [5.74, 6) is 1.01. The summed E-state index contributed by atoms with van der Waals surface area (Å²) in [4.78, 5) is 6.71. The average molecular weight is 282 g/mol. The highest BCUT2D eigenvalue weighted by Gasteiger charge is 2.24. The Balaban J connectivity index is 1.69. The van der Waals surface area contributed by atoms with Gasteiger partial charge < -0.3 is 15.0 Å². The van der Waals surface area contributed by atoms with Crippen LogP contribution in [-0.4, -0.2) is 37.3 Å². The molecule has 19 heavy (non-hydrogen) atoms. The van der Waals surface area contributed by atoms with Crippen LogP contribution in [-0.2, 0) is 11.3 Å². The van der Waals surface area contributed by atoms with Crippen LogP contribution in [0.2, 0.25) is 5.02 Å². The zero-order valence-electron chi connectivity index (χ0n) is 11.2. The molecule has 104 valence electrons. The monoisotopic (exact) mass is 281 g/mol. The Kier molecular flexibility index (Phi) is 3.91. The first kappa shape index (κ1) is 13.2. The van der Waals surface area contributed by atoms with Gasteiger partial charge in [-0.1, -0.05) is 11.6 Å². The van der Waals surface area contributed by atoms with Crippen molar-refractivity contribution in [3.8, 4) is 0 Å². The van der Waals surface area contributed by atoms with Gasteiger partial charge in [-0.15, -0.1) is 0 Å². The zero-order valence-corrected chi connectivity index (χ0v) is 12.0. The Bertz CT molecular complexity index is 450. The van der Waals surface area contributed by atoms with Gasteiger partial charge in [-0.3, -0.25) is 0 Å². The first-order valence-corrected chi connectivity index (χ1v) is 7.29. The largest absolute Gasteiger partial charge is 0.380 e. The third-order valence-electron chi connectivity index (χ3n) is 3.88. The third-order valence-corrected chi connectivity index (χ3v) is 4.22. The van der Waals surface area contributed by atoms with Gasteiger partial charge in [0.25, 0.3) is 0 Å². The van der Waals surface area contributed by atoms with Crippen LogP contribution in [0.3, 0.4) is 0 Å². The number of anilines is 1. The van der Waals surface area contributed by atoms with Crippen molar-refractivity contribution < 1.29 is 4.74 Å². The summed E-state index contributed by atoms with van der Waals surface area (Å²) in [6, 6.07) is 2.80. The molecule has 0 amide bonds. The van der Waals surface area contributed by atoms with E-state index in [0.29, 0.717) is 12.1 Å². The summed E-state index contributed by atoms with van der Waals surface area (Å²) in [5.41, 5.74) is 1.14. The van der Waals surface area contributed by atoms with E-state index in [4.69, 9.17) is 16.3 Å². The molecule has 3 rings (SSSR count). The molecule has 1 atom stereocenters. The van der Waals surface area contributed by atoms with Gasteiger partial charge in [0.05, 0.1) is 11.1 Å². The quantitative estimate of drug-likeness (QED) is 0.898. The van der Waals surface area contributed by atoms with Crippen molar-refractivity contribution in [1.82, 2.24) is 10.3 Å². The fraction of sp³-hybridized carbons (Fsp3) is 0.643. The molecule has 1 saturated carbocycles. The molecule has 1 aliphatic carbocycles. The highest BCUT2D eigenvalue weighted by molar-refractivity contribution is 6.31. The normalized spacial score (nSPS) is 23.1. The van der Waals surface area contributed by atoms with Gasteiger partial charge in [0.15, 0.2) is 0 Å². The van der Waals surface area contributed by atoms with Gasteiger partial charge in [0.1, 0.15) is 5.82 Å². The molecule has 2 heterocycles. The summed E-state index contributed by atoms with van der Waals surface area (Å²) in [6.07, 6.45) is 5.73. The number of hydrogen-bond donors (Lipinski definition) is 1. The van der Waals surface area contributed by atoms with E-state index in [9.17, 15) is 0 Å². The van der Waals surface area contributed by atoms with Crippen LogP contribution in [0.15, 0.2) is 12.3 Å². The van der Waals surface area contributed by atoms with Gasteiger partial charge in [-0.25, -0.2) is 4.98 Å². The van der Waals surface area contributed by atoms with Crippen molar-refractivity contribution in [1.29, 1.82) is 0 Å². The van der Waals surface area contributed by atoms with Gasteiger partial charge in [-0.05, 0) is 30.9 Å². The lowest BCUT2D eigenvalue weighted by Crippen LogP contribution is -2.23. The summed E-state index contributed by atoms with van der Waals surface area (Å²) >= 11 is 6.22. The van der Waals surface area contributed by atoms with Crippen LogP contribution in [0.25, 0.3) is 0 Å². The van der Waals surface area contributed by atoms with Gasteiger partial charge in [0, 0.05) is 39.0 Å². The summed E-state index contributed by atoms with van der Waals surface area (Å²) < 4.78 is 5.40. The predicted octanol–water partition coefficient (Wildman–Crippen LogP) is 2.21. The molecule has 2 fully saturated rings. The smallest absolute Gasteiger partial charge is 0.128 e. The van der Waals surface area contributed by atoms with Crippen LogP contribution in [0.1, 0.15) is 24.8 Å². The van der Waals surface area contributed by atoms with Crippen molar-refractivity contribution in [3.63, 3.8) is 0 Å². The summed E-state index contributed by atoms with van der Waals surface area (Å²) in [7, 11) is 1.77. The van der Waals surface area contributed by atoms with E-state index in [1.807, 2.05) is 0 Å². The minimum atomic E-state index is 0.325. The molecule has 0 radical (unpaired) electrons. The van der Waals surface area contributed by atoms with E-state index in [1.54, 1.807) is 13.3 Å². The number of rotatable bonds is 5. The average Bonchev–Trinajstić information content (AvgIpc) is 3.13. The minimum absolute atomic E-state index is 0.325. The Hall–Kier alpha value is -0.840. The lowest BCUT2D eigenvalue weighted by atomic mass is 10.2. The predicted molar refractivity (Wildman–Crippen MR) is 76.7 cm³/mol. The van der Waals surface area contributed by atoms with Crippen LogP contribution in [0, 0.1) is 0 Å². The molecule has 1 aliphatic heterocycles. The fourth-order valence-corrected chi connectivity index (χ4v) is 2.62. The van der Waals surface area contributed by atoms with Crippen LogP contribution >= 0.6 is 11.6 Å². The van der Waals surface area contributed by atoms with Crippen molar-refractivity contribution in [2.75, 3.05) is 25.1 Å². The molecular weight excluding hydrogens is 262 g/mol. The van der Waals surface area contributed by atoms with Crippen LogP contribution in [0.4, 0.5) is 5.82 Å². The lowest BCUT2D eigenvalue weighted by Gasteiger charge is -2.18. The molecule has 5 heteroatoms. The molecule has 2 aliphatic rings. The number of nitrogens with zero attached hydrogens (tertiary/aromatic N) is 2. The molecule has 0 spiro atoms. The van der Waals surface area contributed by atoms with Crippen molar-refractivity contribution in [2.24, 2.45) is 0 Å². The SMILES string of the molecule is COC1CCN(c2cc(CNC3CC3)c(Cl)cn2)C1. The van der Waals surface area contributed by atoms with E-state index in [2.05, 4.69) is 21.3 Å². The van der Waals surface area contributed by atoms with E-state index < -0.39 is 0 Å². The number of halogens is 1. The number of nitrogens with one attached hydrogen (secondary N) is 1. The number of aromatic nitrogens is 1. The molecule has 1 saturated heterocycles. The fourth-order valence-electron chi connectivity index (χ4n) is 2.45. The molecule has 1 unspecified atom stereocenters. The van der Waals surface area contributed by atoms with E-state index in [-0.39, 0.29) is 0 Å². The molecule has 1 N–H and O–H groups in total. The maximum Gasteiger partial charge on any atom is 0.128 e. The Labute approximate surface area is 119 Å². The standard InChI is InChI=1S/C14H20ClN3O/c1-19-12-4-5-18(9-12)14-6-10(13(15)8-17-14)7-16-11-2-3-11/h6,8,11-12,16H,2-5,7,9H2,1H3. The van der Waals surface area contributed by atoms with Crippen molar-refractivity contribution in [3.05, 3.63) is 22.8 Å². The molecule has 1 aromatic rings. The lowest BCUT2D eigenvalue weighted by molar-refractivity contribution is 0.121. The summed E-state index contributed by atoms with van der Waals surface area (Å²) in [6.45, 7) is 2.75. The third kappa shape index (κ3) is 3.19. The molecule has 4 nitrogen and oxygen atoms in total. The molecular formula is C14H20ClN3O. The highest BCUT2D eigenvalue weighted by Crippen LogP contribution is 2.25. The zero-order chi connectivity index (χ0) is 13.2. The number of methoxy groups -OCH3 is 1. The Morgan fingerprint density at radius 2 is 2.32 bits per heavy atom. The molecule has 0 aromatic carbocycles. The van der Waals surface area contributed by atoms with E-state index >= 15 is 0 Å². The van der Waals surface area contributed by atoms with Gasteiger partial charge in [-0.2, -0.15) is 0 Å². The highest BCUT2D eigenvalue weighted by atomic mass is 35.5. The maximum atomic E-state index is 6.22. The second-order valence-electron chi connectivity index (χ2n) is 5.38. The van der Waals surface area contributed by atoms with Gasteiger partial charge >= 0.3 is 0 Å². The molecule has 1 aromatic heterocycles. The Morgan fingerprint density at radius 1 is 1.47 bits per heavy atom. The topological polar surface area (TPSA) is 37.4 Å². The number of ether oxygens (including phenoxy) is 1. The second kappa shape index (κ2) is 5.65. The minimum Gasteiger partial charge on any atom is -0.380 e. The number of pyridine rings is 1. The van der Waals surface area contributed by atoms with Gasteiger partial charge in [0.2, 0.25) is 0 Å². The number of hydrogen-bond acceptors (Lipinski definition) is 4. The second-order valence-corrected chi connectivity index (χ2v) is 5.79. The first-order chi connectivity index (χ1) is 9.26. The molecule has 0 bridgehead atoms. The van der Waals surface area contributed by atoms with Crippen molar-refractivity contribution >= 4 is 17.4 Å². The van der Waals surface area contributed by atoms with Crippen LogP contribution in [0.5, 0.6) is 0 Å². The Morgan fingerprint density at radius 3 is 3.00 bits per heavy atom. The maximum absolute atomic E-state index is 6.22.